The molecule has 1 aliphatic rings. The van der Waals surface area contributed by atoms with Gasteiger partial charge in [-0.05, 0) is 29.7 Å². The summed E-state index contributed by atoms with van der Waals surface area (Å²) >= 11 is 0. The Morgan fingerprint density at radius 2 is 1.70 bits per heavy atom. The Balaban J connectivity index is 1.52. The third-order valence-corrected chi connectivity index (χ3v) is 6.62. The number of carbonyl (C=O) groups is 5. The van der Waals surface area contributed by atoms with Crippen LogP contribution in [0.15, 0.2) is 72.8 Å². The molecule has 0 spiro atoms. The summed E-state index contributed by atoms with van der Waals surface area (Å²) in [6.45, 7) is 1.40. The largest absolute Gasteiger partial charge is 0.451 e. The fourth-order valence-electron chi connectivity index (χ4n) is 4.38. The second-order valence-corrected chi connectivity index (χ2v) is 9.88. The van der Waals surface area contributed by atoms with Crippen molar-refractivity contribution in [2.75, 3.05) is 33.5 Å². The molecule has 0 aromatic heterocycles. The number of allylic oxidation sites excluding steroid dienone is 1. The highest BCUT2D eigenvalue weighted by Crippen LogP contribution is 2.29. The Hall–Kier alpha value is -4.23. The first-order valence-electron chi connectivity index (χ1n) is 14.1. The maximum atomic E-state index is 13.4. The van der Waals surface area contributed by atoms with E-state index in [2.05, 4.69) is 0 Å². The normalized spacial score (nSPS) is 16.8. The quantitative estimate of drug-likeness (QED) is 0.150. The lowest BCUT2D eigenvalue weighted by Crippen LogP contribution is -2.51. The van der Waals surface area contributed by atoms with E-state index in [1.54, 1.807) is 30.3 Å². The van der Waals surface area contributed by atoms with E-state index >= 15 is 0 Å². The van der Waals surface area contributed by atoms with Gasteiger partial charge in [-0.2, -0.15) is 0 Å². The second-order valence-electron chi connectivity index (χ2n) is 9.88. The van der Waals surface area contributed by atoms with Crippen LogP contribution in [0.4, 0.5) is 4.79 Å². The van der Waals surface area contributed by atoms with Gasteiger partial charge >= 0.3 is 12.1 Å². The van der Waals surface area contributed by atoms with Crippen molar-refractivity contribution in [3.63, 3.8) is 0 Å². The number of benzene rings is 2. The molecule has 12 heteroatoms. The molecule has 12 nitrogen and oxygen atoms in total. The highest BCUT2D eigenvalue weighted by Gasteiger charge is 2.46. The number of aliphatic hydroxyl groups excluding tert-OH is 1. The Morgan fingerprint density at radius 1 is 1.02 bits per heavy atom. The fraction of sp³-hybridized carbons (Fsp3) is 0.406. The zero-order valence-corrected chi connectivity index (χ0v) is 24.7. The lowest BCUT2D eigenvalue weighted by molar-refractivity contribution is -0.166. The summed E-state index contributed by atoms with van der Waals surface area (Å²) in [5.41, 5.74) is 1.59. The predicted molar refractivity (Wildman–Crippen MR) is 155 cm³/mol. The van der Waals surface area contributed by atoms with Crippen LogP contribution in [-0.2, 0) is 49.5 Å². The van der Waals surface area contributed by atoms with Crippen LogP contribution in [0.3, 0.4) is 0 Å². The lowest BCUT2D eigenvalue weighted by atomic mass is 10.0. The third kappa shape index (κ3) is 10.2. The molecule has 0 radical (unpaired) electrons. The minimum Gasteiger partial charge on any atom is -0.451 e. The third-order valence-electron chi connectivity index (χ3n) is 6.62. The molecule has 4 atom stereocenters. The smallest absolute Gasteiger partial charge is 0.417 e. The Labute approximate surface area is 255 Å². The van der Waals surface area contributed by atoms with Crippen molar-refractivity contribution in [1.29, 1.82) is 0 Å². The molecule has 1 heterocycles. The number of hydrogen-bond donors (Lipinski definition) is 1. The molecule has 2 amide bonds. The maximum absolute atomic E-state index is 13.4. The number of ether oxygens (including phenoxy) is 5. The van der Waals surface area contributed by atoms with Crippen molar-refractivity contribution >= 4 is 29.5 Å². The van der Waals surface area contributed by atoms with Crippen LogP contribution in [0, 0.1) is 0 Å². The summed E-state index contributed by atoms with van der Waals surface area (Å²) in [5.74, 6) is -3.09. The minimum absolute atomic E-state index is 0.0433. The summed E-state index contributed by atoms with van der Waals surface area (Å²) in [6.07, 6.45) is -2.59. The van der Waals surface area contributed by atoms with E-state index in [1.165, 1.54) is 0 Å². The van der Waals surface area contributed by atoms with Gasteiger partial charge in [0.1, 0.15) is 18.8 Å². The number of aliphatic hydroxyl groups is 1. The van der Waals surface area contributed by atoms with Gasteiger partial charge in [0.15, 0.2) is 23.8 Å². The van der Waals surface area contributed by atoms with Gasteiger partial charge in [0.05, 0.1) is 19.8 Å². The Bertz CT molecular complexity index is 1280. The first-order chi connectivity index (χ1) is 21.2. The molecule has 1 fully saturated rings. The highest BCUT2D eigenvalue weighted by atomic mass is 16.6. The van der Waals surface area contributed by atoms with Gasteiger partial charge in [0.2, 0.25) is 0 Å². The molecule has 1 saturated heterocycles. The summed E-state index contributed by atoms with van der Waals surface area (Å²) < 4.78 is 26.6. The topological polar surface area (TPSA) is 155 Å². The van der Waals surface area contributed by atoms with Gasteiger partial charge in [-0.25, -0.2) is 9.69 Å². The molecule has 0 saturated carbocycles. The summed E-state index contributed by atoms with van der Waals surface area (Å²) in [6, 6.07) is 17.4. The summed E-state index contributed by atoms with van der Waals surface area (Å²) in [7, 11) is 1.13. The van der Waals surface area contributed by atoms with Crippen molar-refractivity contribution in [3.05, 3.63) is 83.9 Å². The zero-order chi connectivity index (χ0) is 31.9. The first-order valence-corrected chi connectivity index (χ1v) is 14.1. The Kier molecular flexibility index (Phi) is 13.8. The van der Waals surface area contributed by atoms with E-state index in [4.69, 9.17) is 23.7 Å². The molecule has 2 aromatic carbocycles. The molecule has 0 bridgehead atoms. The minimum atomic E-state index is -1.76. The van der Waals surface area contributed by atoms with Crippen LogP contribution in [0.5, 0.6) is 0 Å². The number of nitrogens with zero attached hydrogens (tertiary/aromatic N) is 1. The number of methoxy groups -OCH3 is 1. The molecule has 0 aliphatic carbocycles. The molecular weight excluding hydrogens is 574 g/mol. The van der Waals surface area contributed by atoms with Gasteiger partial charge in [0.25, 0.3) is 5.91 Å². The number of imide groups is 1. The number of carbonyl (C=O) groups excluding carboxylic acids is 5. The first kappa shape index (κ1) is 34.3. The predicted octanol–water partition coefficient (Wildman–Crippen LogP) is 2.72. The van der Waals surface area contributed by atoms with Crippen molar-refractivity contribution in [3.8, 4) is 0 Å². The molecule has 4 unspecified atom stereocenters. The highest BCUT2D eigenvalue weighted by molar-refractivity contribution is 6.05. The zero-order valence-electron chi connectivity index (χ0n) is 24.7. The van der Waals surface area contributed by atoms with E-state index in [0.717, 1.165) is 36.6 Å². The molecule has 236 valence electrons. The van der Waals surface area contributed by atoms with Crippen LogP contribution in [0.2, 0.25) is 0 Å². The van der Waals surface area contributed by atoms with Gasteiger partial charge in [-0.15, -0.1) is 0 Å². The van der Waals surface area contributed by atoms with Gasteiger partial charge < -0.3 is 28.8 Å². The lowest BCUT2D eigenvalue weighted by Gasteiger charge is -2.27. The van der Waals surface area contributed by atoms with Gasteiger partial charge in [-0.1, -0.05) is 60.7 Å². The molecule has 2 aromatic rings. The van der Waals surface area contributed by atoms with Crippen molar-refractivity contribution in [2.45, 2.75) is 50.7 Å². The molecule has 3 rings (SSSR count). The van der Waals surface area contributed by atoms with E-state index in [0.29, 0.717) is 18.6 Å². The second kappa shape index (κ2) is 17.8. The molecule has 1 aliphatic heterocycles. The van der Waals surface area contributed by atoms with Crippen molar-refractivity contribution < 1.29 is 52.8 Å². The number of cyclic esters (lactones) is 1. The van der Waals surface area contributed by atoms with Crippen LogP contribution in [0.1, 0.15) is 36.9 Å². The van der Waals surface area contributed by atoms with E-state index in [9.17, 15) is 29.1 Å². The average Bonchev–Trinajstić information content (AvgIpc) is 3.42. The van der Waals surface area contributed by atoms with Crippen LogP contribution < -0.4 is 0 Å². The van der Waals surface area contributed by atoms with E-state index in [1.807, 2.05) is 30.3 Å². The molecule has 1 N–H and O–H groups in total. The van der Waals surface area contributed by atoms with Gasteiger partial charge in [0, 0.05) is 27.1 Å². The standard InChI is InChI=1S/C32H37NO11/c1-22(35)44-29(30(40-2)31(38)33-27(21-43-32(33)39)24-12-7-4-8-13-24)28(37)16-15-25(36)14-9-17-41-20-26(18-34)42-19-23-10-5-3-6-11-23/h3-8,10-13,15-16,26-27,29-30,34H,9,14,17-21H2,1-2H3. The number of rotatable bonds is 18. The van der Waals surface area contributed by atoms with Crippen LogP contribution >= 0.6 is 0 Å². The maximum Gasteiger partial charge on any atom is 0.417 e. The van der Waals surface area contributed by atoms with E-state index in [-0.39, 0.29) is 32.8 Å². The monoisotopic (exact) mass is 611 g/mol. The number of ketones is 2. The molecule has 44 heavy (non-hydrogen) atoms. The fourth-order valence-corrected chi connectivity index (χ4v) is 4.38. The summed E-state index contributed by atoms with van der Waals surface area (Å²) in [4.78, 5) is 64.0. The van der Waals surface area contributed by atoms with Crippen LogP contribution in [0.25, 0.3) is 0 Å². The molecular formula is C32H37NO11. The number of esters is 1. The summed E-state index contributed by atoms with van der Waals surface area (Å²) in [5, 5.41) is 9.51. The van der Waals surface area contributed by atoms with Crippen LogP contribution in [-0.4, -0.2) is 91.4 Å². The van der Waals surface area contributed by atoms with E-state index < -0.39 is 53.9 Å². The van der Waals surface area contributed by atoms with Crippen molar-refractivity contribution in [2.24, 2.45) is 0 Å². The number of amides is 2. The SMILES string of the molecule is COC(C(=O)N1C(=O)OCC1c1ccccc1)C(OC(C)=O)C(=O)C=CC(=O)CCCOCC(CO)OCc1ccccc1. The number of hydrogen-bond acceptors (Lipinski definition) is 11. The van der Waals surface area contributed by atoms with Crippen molar-refractivity contribution in [1.82, 2.24) is 4.90 Å². The average molecular weight is 612 g/mol. The Morgan fingerprint density at radius 3 is 2.34 bits per heavy atom. The van der Waals surface area contributed by atoms with Gasteiger partial charge in [-0.3, -0.25) is 19.2 Å².